The summed E-state index contributed by atoms with van der Waals surface area (Å²) >= 11 is 0. The molecule has 1 aliphatic rings. The molecule has 1 nitrogen and oxygen atoms in total. The first-order valence-corrected chi connectivity index (χ1v) is 4.05. The summed E-state index contributed by atoms with van der Waals surface area (Å²) in [6, 6.07) is 0. The van der Waals surface area contributed by atoms with Gasteiger partial charge in [-0.2, -0.15) is 0 Å². The first-order chi connectivity index (χ1) is 4.83. The lowest BCUT2D eigenvalue weighted by molar-refractivity contribution is -0.114. The van der Waals surface area contributed by atoms with E-state index in [9.17, 15) is 4.79 Å². The zero-order valence-corrected chi connectivity index (χ0v) is 6.52. The van der Waals surface area contributed by atoms with Gasteiger partial charge in [0.05, 0.1) is 0 Å². The average Bonchev–Trinajstić information content (AvgIpc) is 2.40. The van der Waals surface area contributed by atoms with Gasteiger partial charge < -0.3 is 0 Å². The highest BCUT2D eigenvalue weighted by atomic mass is 16.1. The topological polar surface area (TPSA) is 17.1 Å². The molecule has 0 atom stereocenters. The van der Waals surface area contributed by atoms with Crippen molar-refractivity contribution in [2.75, 3.05) is 0 Å². The van der Waals surface area contributed by atoms with Crippen LogP contribution in [0, 0.1) is 0 Å². The van der Waals surface area contributed by atoms with Crippen LogP contribution in [-0.2, 0) is 4.79 Å². The standard InChI is InChI=1S/C9H14O/c1-2-9(10)7-8-5-3-4-6-8/h7H,2-6H2,1H3. The summed E-state index contributed by atoms with van der Waals surface area (Å²) < 4.78 is 0. The van der Waals surface area contributed by atoms with Gasteiger partial charge in [0.25, 0.3) is 0 Å². The van der Waals surface area contributed by atoms with Crippen LogP contribution in [0.15, 0.2) is 11.6 Å². The van der Waals surface area contributed by atoms with Crippen molar-refractivity contribution in [1.29, 1.82) is 0 Å². The molecule has 1 heteroatoms. The molecule has 0 aromatic rings. The van der Waals surface area contributed by atoms with Crippen molar-refractivity contribution in [3.8, 4) is 0 Å². The molecule has 0 unspecified atom stereocenters. The Labute approximate surface area is 62.1 Å². The fourth-order valence-electron chi connectivity index (χ4n) is 1.30. The molecule has 0 radical (unpaired) electrons. The maximum absolute atomic E-state index is 10.9. The van der Waals surface area contributed by atoms with E-state index >= 15 is 0 Å². The van der Waals surface area contributed by atoms with Crippen LogP contribution in [0.1, 0.15) is 39.0 Å². The summed E-state index contributed by atoms with van der Waals surface area (Å²) in [5, 5.41) is 0. The highest BCUT2D eigenvalue weighted by Crippen LogP contribution is 2.23. The van der Waals surface area contributed by atoms with Crippen LogP contribution in [0.25, 0.3) is 0 Å². The Bertz CT molecular complexity index is 148. The van der Waals surface area contributed by atoms with Crippen LogP contribution in [0.3, 0.4) is 0 Å². The minimum absolute atomic E-state index is 0.289. The number of ketones is 1. The zero-order valence-electron chi connectivity index (χ0n) is 6.52. The molecule has 0 saturated heterocycles. The maximum atomic E-state index is 10.9. The van der Waals surface area contributed by atoms with E-state index in [0.717, 1.165) is 12.8 Å². The van der Waals surface area contributed by atoms with E-state index in [2.05, 4.69) is 0 Å². The van der Waals surface area contributed by atoms with E-state index < -0.39 is 0 Å². The molecule has 0 aromatic heterocycles. The summed E-state index contributed by atoms with van der Waals surface area (Å²) in [7, 11) is 0. The van der Waals surface area contributed by atoms with Crippen molar-refractivity contribution in [3.05, 3.63) is 11.6 Å². The van der Waals surface area contributed by atoms with Gasteiger partial charge in [-0.05, 0) is 31.8 Å². The Hall–Kier alpha value is -0.590. The minimum Gasteiger partial charge on any atom is -0.295 e. The van der Waals surface area contributed by atoms with Gasteiger partial charge in [0.15, 0.2) is 5.78 Å². The van der Waals surface area contributed by atoms with Crippen molar-refractivity contribution >= 4 is 5.78 Å². The second-order valence-electron chi connectivity index (χ2n) is 2.83. The minimum atomic E-state index is 0.289. The molecular weight excluding hydrogens is 124 g/mol. The van der Waals surface area contributed by atoms with E-state index in [1.54, 1.807) is 0 Å². The molecule has 0 aliphatic heterocycles. The summed E-state index contributed by atoms with van der Waals surface area (Å²) in [5.74, 6) is 0.289. The van der Waals surface area contributed by atoms with E-state index in [1.807, 2.05) is 13.0 Å². The lowest BCUT2D eigenvalue weighted by atomic mass is 10.1. The Kier molecular flexibility index (Phi) is 2.67. The fourth-order valence-corrected chi connectivity index (χ4v) is 1.30. The Morgan fingerprint density at radius 3 is 2.60 bits per heavy atom. The van der Waals surface area contributed by atoms with Gasteiger partial charge in [0.2, 0.25) is 0 Å². The maximum Gasteiger partial charge on any atom is 0.155 e. The molecule has 0 N–H and O–H groups in total. The highest BCUT2D eigenvalue weighted by Gasteiger charge is 2.06. The molecule has 0 aromatic carbocycles. The monoisotopic (exact) mass is 138 g/mol. The third-order valence-electron chi connectivity index (χ3n) is 1.96. The predicted octanol–water partition coefficient (Wildman–Crippen LogP) is 2.47. The van der Waals surface area contributed by atoms with Gasteiger partial charge in [-0.1, -0.05) is 12.5 Å². The number of rotatable bonds is 2. The number of allylic oxidation sites excluding steroid dienone is 2. The van der Waals surface area contributed by atoms with Crippen LogP contribution in [0.4, 0.5) is 0 Å². The Balaban J connectivity index is 2.45. The van der Waals surface area contributed by atoms with Gasteiger partial charge in [0, 0.05) is 6.42 Å². The molecule has 0 amide bonds. The third kappa shape index (κ3) is 1.98. The summed E-state index contributed by atoms with van der Waals surface area (Å²) in [5.41, 5.74) is 1.37. The zero-order chi connectivity index (χ0) is 7.40. The van der Waals surface area contributed by atoms with Gasteiger partial charge >= 0.3 is 0 Å². The van der Waals surface area contributed by atoms with Gasteiger partial charge in [-0.25, -0.2) is 0 Å². The third-order valence-corrected chi connectivity index (χ3v) is 1.96. The number of carbonyl (C=O) groups excluding carboxylic acids is 1. The highest BCUT2D eigenvalue weighted by molar-refractivity contribution is 5.90. The van der Waals surface area contributed by atoms with Crippen molar-refractivity contribution in [3.63, 3.8) is 0 Å². The molecule has 0 spiro atoms. The number of hydrogen-bond acceptors (Lipinski definition) is 1. The van der Waals surface area contributed by atoms with Crippen LogP contribution in [0.2, 0.25) is 0 Å². The molecule has 0 bridgehead atoms. The van der Waals surface area contributed by atoms with Gasteiger partial charge in [-0.15, -0.1) is 0 Å². The molecule has 1 rings (SSSR count). The normalized spacial score (nSPS) is 17.5. The summed E-state index contributed by atoms with van der Waals surface area (Å²) in [4.78, 5) is 10.9. The number of hydrogen-bond donors (Lipinski definition) is 0. The molecule has 1 aliphatic carbocycles. The van der Waals surface area contributed by atoms with E-state index in [-0.39, 0.29) is 5.78 Å². The number of carbonyl (C=O) groups is 1. The molecular formula is C9H14O. The predicted molar refractivity (Wildman–Crippen MR) is 41.8 cm³/mol. The summed E-state index contributed by atoms with van der Waals surface area (Å²) in [6.07, 6.45) is 7.37. The van der Waals surface area contributed by atoms with E-state index in [0.29, 0.717) is 6.42 Å². The second-order valence-corrected chi connectivity index (χ2v) is 2.83. The fraction of sp³-hybridized carbons (Fsp3) is 0.667. The first-order valence-electron chi connectivity index (χ1n) is 4.05. The lowest BCUT2D eigenvalue weighted by Crippen LogP contribution is -1.89. The quantitative estimate of drug-likeness (QED) is 0.536. The van der Waals surface area contributed by atoms with Crippen molar-refractivity contribution in [2.45, 2.75) is 39.0 Å². The van der Waals surface area contributed by atoms with Gasteiger partial charge in [-0.3, -0.25) is 4.79 Å². The summed E-state index contributed by atoms with van der Waals surface area (Å²) in [6.45, 7) is 1.91. The van der Waals surface area contributed by atoms with E-state index in [4.69, 9.17) is 0 Å². The first kappa shape index (κ1) is 7.52. The SMILES string of the molecule is CCC(=O)C=C1CCCC1. The van der Waals surface area contributed by atoms with Crippen LogP contribution in [0.5, 0.6) is 0 Å². The van der Waals surface area contributed by atoms with Crippen molar-refractivity contribution in [2.24, 2.45) is 0 Å². The van der Waals surface area contributed by atoms with Gasteiger partial charge in [0.1, 0.15) is 0 Å². The van der Waals surface area contributed by atoms with E-state index in [1.165, 1.54) is 18.4 Å². The second kappa shape index (κ2) is 3.55. The Morgan fingerprint density at radius 2 is 2.10 bits per heavy atom. The molecule has 1 saturated carbocycles. The van der Waals surface area contributed by atoms with Crippen LogP contribution in [-0.4, -0.2) is 5.78 Å². The lowest BCUT2D eigenvalue weighted by Gasteiger charge is -1.91. The molecule has 1 fully saturated rings. The smallest absolute Gasteiger partial charge is 0.155 e. The molecule has 10 heavy (non-hydrogen) atoms. The van der Waals surface area contributed by atoms with Crippen molar-refractivity contribution in [1.82, 2.24) is 0 Å². The average molecular weight is 138 g/mol. The van der Waals surface area contributed by atoms with Crippen molar-refractivity contribution < 1.29 is 4.79 Å². The molecule has 0 heterocycles. The largest absolute Gasteiger partial charge is 0.295 e. The van der Waals surface area contributed by atoms with Crippen LogP contribution < -0.4 is 0 Å². The molecule has 56 valence electrons. The van der Waals surface area contributed by atoms with Crippen LogP contribution >= 0.6 is 0 Å². The Morgan fingerprint density at radius 1 is 1.50 bits per heavy atom.